The molecule has 0 bridgehead atoms. The quantitative estimate of drug-likeness (QED) is 0.335. The van der Waals surface area contributed by atoms with Crippen LogP contribution in [0.2, 0.25) is 0 Å². The van der Waals surface area contributed by atoms with Crippen LogP contribution >= 0.6 is 12.2 Å². The van der Waals surface area contributed by atoms with Gasteiger partial charge < -0.3 is 20.1 Å². The van der Waals surface area contributed by atoms with E-state index in [1.165, 1.54) is 5.56 Å². The maximum atomic E-state index is 12.0. The van der Waals surface area contributed by atoms with E-state index in [2.05, 4.69) is 10.6 Å². The summed E-state index contributed by atoms with van der Waals surface area (Å²) in [7, 11) is 0. The number of para-hydroxylation sites is 2. The molecule has 0 saturated heterocycles. The van der Waals surface area contributed by atoms with E-state index in [1.807, 2.05) is 68.4 Å². The highest BCUT2D eigenvalue weighted by Crippen LogP contribution is 2.24. The lowest BCUT2D eigenvalue weighted by Crippen LogP contribution is -2.34. The predicted octanol–water partition coefficient (Wildman–Crippen LogP) is 4.24. The van der Waals surface area contributed by atoms with Gasteiger partial charge in [0.15, 0.2) is 5.11 Å². The molecule has 160 valence electrons. The molecule has 0 aliphatic heterocycles. The van der Waals surface area contributed by atoms with Crippen molar-refractivity contribution in [3.63, 3.8) is 0 Å². The Labute approximate surface area is 183 Å². The van der Waals surface area contributed by atoms with Gasteiger partial charge in [-0.15, -0.1) is 0 Å². The summed E-state index contributed by atoms with van der Waals surface area (Å²) < 4.78 is 10.9. The summed E-state index contributed by atoms with van der Waals surface area (Å²) in [5, 5.41) is 5.67. The van der Waals surface area contributed by atoms with Gasteiger partial charge in [0.25, 0.3) is 0 Å². The van der Waals surface area contributed by atoms with Gasteiger partial charge in [-0.2, -0.15) is 0 Å². The number of thiocarbonyl (C=S) groups is 1. The zero-order valence-corrected chi connectivity index (χ0v) is 18.2. The molecule has 1 amide bonds. The van der Waals surface area contributed by atoms with E-state index < -0.39 is 5.97 Å². The summed E-state index contributed by atoms with van der Waals surface area (Å²) in [6.45, 7) is 4.19. The Morgan fingerprint density at radius 1 is 1.00 bits per heavy atom. The van der Waals surface area contributed by atoms with Gasteiger partial charge in [0.1, 0.15) is 5.75 Å². The highest BCUT2D eigenvalue weighted by Gasteiger charge is 2.11. The first-order valence-electron chi connectivity index (χ1n) is 10.00. The fourth-order valence-corrected chi connectivity index (χ4v) is 2.89. The van der Waals surface area contributed by atoms with Crippen molar-refractivity contribution in [2.24, 2.45) is 0 Å². The monoisotopic (exact) mass is 428 g/mol. The van der Waals surface area contributed by atoms with E-state index in [-0.39, 0.29) is 30.0 Å². The summed E-state index contributed by atoms with van der Waals surface area (Å²) in [6, 6.07) is 17.3. The number of benzene rings is 2. The average Bonchev–Trinajstić information content (AvgIpc) is 2.71. The van der Waals surface area contributed by atoms with Crippen molar-refractivity contribution in [2.75, 3.05) is 11.9 Å². The van der Waals surface area contributed by atoms with E-state index in [0.29, 0.717) is 18.0 Å². The molecule has 0 fully saturated rings. The van der Waals surface area contributed by atoms with Gasteiger partial charge in [0, 0.05) is 6.42 Å². The first-order valence-corrected chi connectivity index (χ1v) is 10.4. The molecule has 0 spiro atoms. The second-order valence-corrected chi connectivity index (χ2v) is 7.38. The standard InChI is InChI=1S/C23H28N2O4S/c1-17(2)29-20-13-7-6-12-19(20)24-23(30)25-21(26)14-15-22(27)28-16-8-11-18-9-4-3-5-10-18/h3-7,9-10,12-13,17H,8,11,14-16H2,1-2H3,(H2,24,25,26,30). The fourth-order valence-electron chi connectivity index (χ4n) is 2.66. The second-order valence-electron chi connectivity index (χ2n) is 6.97. The first kappa shape index (κ1) is 23.3. The highest BCUT2D eigenvalue weighted by molar-refractivity contribution is 7.80. The van der Waals surface area contributed by atoms with Crippen LogP contribution in [0.3, 0.4) is 0 Å². The minimum absolute atomic E-state index is 0.00345. The number of nitrogens with one attached hydrogen (secondary N) is 2. The molecule has 6 nitrogen and oxygen atoms in total. The van der Waals surface area contributed by atoms with Gasteiger partial charge in [0.05, 0.1) is 24.8 Å². The number of hydrogen-bond acceptors (Lipinski definition) is 5. The van der Waals surface area contributed by atoms with Crippen LogP contribution in [0, 0.1) is 0 Å². The zero-order chi connectivity index (χ0) is 21.8. The summed E-state index contributed by atoms with van der Waals surface area (Å²) in [6.07, 6.45) is 1.61. The van der Waals surface area contributed by atoms with Crippen LogP contribution in [-0.4, -0.2) is 29.7 Å². The Bertz CT molecular complexity index is 840. The van der Waals surface area contributed by atoms with Crippen LogP contribution < -0.4 is 15.4 Å². The molecule has 2 aromatic rings. The molecule has 0 aliphatic rings. The number of esters is 1. The Hall–Kier alpha value is -2.93. The van der Waals surface area contributed by atoms with Crippen molar-refractivity contribution in [3.05, 3.63) is 60.2 Å². The smallest absolute Gasteiger partial charge is 0.306 e. The van der Waals surface area contributed by atoms with Gasteiger partial charge >= 0.3 is 5.97 Å². The van der Waals surface area contributed by atoms with Crippen LogP contribution in [0.5, 0.6) is 5.75 Å². The number of ether oxygens (including phenoxy) is 2. The molecule has 0 unspecified atom stereocenters. The van der Waals surface area contributed by atoms with E-state index >= 15 is 0 Å². The molecule has 0 aliphatic carbocycles. The lowest BCUT2D eigenvalue weighted by molar-refractivity contribution is -0.145. The van der Waals surface area contributed by atoms with E-state index in [9.17, 15) is 9.59 Å². The van der Waals surface area contributed by atoms with Gasteiger partial charge in [-0.3, -0.25) is 9.59 Å². The van der Waals surface area contributed by atoms with Crippen molar-refractivity contribution in [2.45, 2.75) is 45.6 Å². The van der Waals surface area contributed by atoms with Crippen molar-refractivity contribution >= 4 is 34.9 Å². The van der Waals surface area contributed by atoms with Crippen LogP contribution in [0.1, 0.15) is 38.7 Å². The minimum atomic E-state index is -0.396. The van der Waals surface area contributed by atoms with Crippen molar-refractivity contribution in [1.29, 1.82) is 0 Å². The van der Waals surface area contributed by atoms with Crippen LogP contribution in [0.4, 0.5) is 5.69 Å². The molecule has 2 N–H and O–H groups in total. The molecular formula is C23H28N2O4S. The first-order chi connectivity index (χ1) is 14.4. The Kier molecular flexibility index (Phi) is 9.80. The molecule has 0 saturated carbocycles. The third-order valence-corrected chi connectivity index (χ3v) is 4.23. The number of amides is 1. The number of anilines is 1. The molecular weight excluding hydrogens is 400 g/mol. The van der Waals surface area contributed by atoms with Gasteiger partial charge in [-0.1, -0.05) is 42.5 Å². The summed E-state index contributed by atoms with van der Waals surface area (Å²) >= 11 is 5.18. The number of rotatable bonds is 10. The van der Waals surface area contributed by atoms with E-state index in [0.717, 1.165) is 12.8 Å². The maximum absolute atomic E-state index is 12.0. The summed E-state index contributed by atoms with van der Waals surface area (Å²) in [5.74, 6) is -0.105. The fraction of sp³-hybridized carbons (Fsp3) is 0.348. The molecule has 0 radical (unpaired) electrons. The zero-order valence-electron chi connectivity index (χ0n) is 17.4. The normalized spacial score (nSPS) is 10.4. The molecule has 0 atom stereocenters. The number of aryl methyl sites for hydroxylation is 1. The average molecular weight is 429 g/mol. The Balaban J connectivity index is 1.65. The minimum Gasteiger partial charge on any atom is -0.489 e. The molecule has 7 heteroatoms. The van der Waals surface area contributed by atoms with Crippen molar-refractivity contribution in [1.82, 2.24) is 5.32 Å². The van der Waals surface area contributed by atoms with Crippen molar-refractivity contribution in [3.8, 4) is 5.75 Å². The number of carbonyl (C=O) groups is 2. The third kappa shape index (κ3) is 9.05. The molecule has 30 heavy (non-hydrogen) atoms. The topological polar surface area (TPSA) is 76.7 Å². The summed E-state index contributed by atoms with van der Waals surface area (Å²) in [4.78, 5) is 23.9. The number of hydrogen-bond donors (Lipinski definition) is 2. The largest absolute Gasteiger partial charge is 0.489 e. The van der Waals surface area contributed by atoms with Crippen LogP contribution in [-0.2, 0) is 20.7 Å². The van der Waals surface area contributed by atoms with Crippen molar-refractivity contribution < 1.29 is 19.1 Å². The summed E-state index contributed by atoms with van der Waals surface area (Å²) in [5.41, 5.74) is 1.86. The predicted molar refractivity (Wildman–Crippen MR) is 122 cm³/mol. The Morgan fingerprint density at radius 2 is 1.70 bits per heavy atom. The Morgan fingerprint density at radius 3 is 2.43 bits per heavy atom. The van der Waals surface area contributed by atoms with E-state index in [4.69, 9.17) is 21.7 Å². The second kappa shape index (κ2) is 12.6. The van der Waals surface area contributed by atoms with Gasteiger partial charge in [-0.25, -0.2) is 0 Å². The van der Waals surface area contributed by atoms with Gasteiger partial charge in [0.2, 0.25) is 5.91 Å². The molecule has 0 aromatic heterocycles. The molecule has 0 heterocycles. The maximum Gasteiger partial charge on any atom is 0.306 e. The van der Waals surface area contributed by atoms with Crippen LogP contribution in [0.15, 0.2) is 54.6 Å². The van der Waals surface area contributed by atoms with Crippen LogP contribution in [0.25, 0.3) is 0 Å². The SMILES string of the molecule is CC(C)Oc1ccccc1NC(=S)NC(=O)CCC(=O)OCCCc1ccccc1. The highest BCUT2D eigenvalue weighted by atomic mass is 32.1. The lowest BCUT2D eigenvalue weighted by atomic mass is 10.1. The number of carbonyl (C=O) groups excluding carboxylic acids is 2. The molecule has 2 aromatic carbocycles. The molecule has 2 rings (SSSR count). The van der Waals surface area contributed by atoms with Gasteiger partial charge in [-0.05, 0) is 56.6 Å². The lowest BCUT2D eigenvalue weighted by Gasteiger charge is -2.16. The third-order valence-electron chi connectivity index (χ3n) is 4.02. The van der Waals surface area contributed by atoms with E-state index in [1.54, 1.807) is 0 Å².